The molecule has 0 unspecified atom stereocenters. The van der Waals surface area contributed by atoms with Crippen LogP contribution < -0.4 is 20.1 Å². The SMILES string of the molecule is COc1ccc(/C=C/C(=O)NCCNc2ccc([N+](=O)[O-])cc2)cc1OC. The first-order chi connectivity index (χ1) is 13.0. The molecule has 0 aliphatic heterocycles. The van der Waals surface area contributed by atoms with Gasteiger partial charge in [-0.05, 0) is 35.9 Å². The number of carbonyl (C=O) groups is 1. The maximum absolute atomic E-state index is 11.9. The molecular weight excluding hydrogens is 350 g/mol. The Labute approximate surface area is 156 Å². The topological polar surface area (TPSA) is 103 Å². The van der Waals surface area contributed by atoms with Crippen molar-refractivity contribution in [2.45, 2.75) is 0 Å². The number of hydrogen-bond donors (Lipinski definition) is 2. The molecule has 142 valence electrons. The molecule has 2 N–H and O–H groups in total. The van der Waals surface area contributed by atoms with E-state index < -0.39 is 4.92 Å². The minimum absolute atomic E-state index is 0.0363. The summed E-state index contributed by atoms with van der Waals surface area (Å²) >= 11 is 0. The van der Waals surface area contributed by atoms with Crippen LogP contribution in [0.1, 0.15) is 5.56 Å². The third-order valence-corrected chi connectivity index (χ3v) is 3.67. The molecule has 0 aliphatic carbocycles. The first-order valence-corrected chi connectivity index (χ1v) is 8.19. The van der Waals surface area contributed by atoms with Crippen molar-refractivity contribution in [3.63, 3.8) is 0 Å². The molecule has 2 aromatic carbocycles. The number of nitro benzene ring substituents is 1. The summed E-state index contributed by atoms with van der Waals surface area (Å²) in [5.41, 5.74) is 1.59. The highest BCUT2D eigenvalue weighted by Gasteiger charge is 2.04. The van der Waals surface area contributed by atoms with Crippen molar-refractivity contribution in [3.8, 4) is 11.5 Å². The fourth-order valence-corrected chi connectivity index (χ4v) is 2.28. The third kappa shape index (κ3) is 6.03. The van der Waals surface area contributed by atoms with Crippen LogP contribution in [0.4, 0.5) is 11.4 Å². The van der Waals surface area contributed by atoms with Gasteiger partial charge in [0.1, 0.15) is 0 Å². The highest BCUT2D eigenvalue weighted by Crippen LogP contribution is 2.27. The van der Waals surface area contributed by atoms with Crippen molar-refractivity contribution in [2.75, 3.05) is 32.6 Å². The van der Waals surface area contributed by atoms with E-state index in [2.05, 4.69) is 10.6 Å². The van der Waals surface area contributed by atoms with Gasteiger partial charge in [-0.1, -0.05) is 6.07 Å². The minimum atomic E-state index is -0.450. The van der Waals surface area contributed by atoms with Gasteiger partial charge in [0.2, 0.25) is 5.91 Å². The number of anilines is 1. The molecule has 2 rings (SSSR count). The third-order valence-electron chi connectivity index (χ3n) is 3.67. The molecule has 8 heteroatoms. The lowest BCUT2D eigenvalue weighted by Crippen LogP contribution is -2.27. The van der Waals surface area contributed by atoms with Gasteiger partial charge in [-0.25, -0.2) is 0 Å². The molecule has 0 saturated heterocycles. The number of nitro groups is 1. The van der Waals surface area contributed by atoms with E-state index in [0.717, 1.165) is 11.3 Å². The Morgan fingerprint density at radius 3 is 2.41 bits per heavy atom. The summed E-state index contributed by atoms with van der Waals surface area (Å²) in [6, 6.07) is 11.5. The zero-order valence-corrected chi connectivity index (χ0v) is 15.1. The first-order valence-electron chi connectivity index (χ1n) is 8.19. The molecular formula is C19H21N3O5. The van der Waals surface area contributed by atoms with Gasteiger partial charge in [0.05, 0.1) is 19.1 Å². The predicted octanol–water partition coefficient (Wildman–Crippen LogP) is 2.85. The first kappa shape index (κ1) is 19.8. The summed E-state index contributed by atoms with van der Waals surface area (Å²) in [5, 5.41) is 16.4. The number of ether oxygens (including phenoxy) is 2. The largest absolute Gasteiger partial charge is 0.493 e. The van der Waals surface area contributed by atoms with Crippen LogP contribution in [0, 0.1) is 10.1 Å². The van der Waals surface area contributed by atoms with Crippen LogP contribution in [0.25, 0.3) is 6.08 Å². The van der Waals surface area contributed by atoms with E-state index in [-0.39, 0.29) is 11.6 Å². The molecule has 8 nitrogen and oxygen atoms in total. The van der Waals surface area contributed by atoms with Gasteiger partial charge in [-0.15, -0.1) is 0 Å². The molecule has 0 radical (unpaired) electrons. The highest BCUT2D eigenvalue weighted by molar-refractivity contribution is 5.91. The van der Waals surface area contributed by atoms with Crippen LogP contribution in [-0.2, 0) is 4.79 Å². The predicted molar refractivity (Wildman–Crippen MR) is 103 cm³/mol. The van der Waals surface area contributed by atoms with E-state index in [4.69, 9.17) is 9.47 Å². The number of nitrogens with zero attached hydrogens (tertiary/aromatic N) is 1. The van der Waals surface area contributed by atoms with E-state index >= 15 is 0 Å². The van der Waals surface area contributed by atoms with Crippen molar-refractivity contribution in [1.29, 1.82) is 0 Å². The molecule has 0 atom stereocenters. The quantitative estimate of drug-likeness (QED) is 0.304. The molecule has 0 fully saturated rings. The minimum Gasteiger partial charge on any atom is -0.493 e. The van der Waals surface area contributed by atoms with Crippen molar-refractivity contribution >= 4 is 23.4 Å². The lowest BCUT2D eigenvalue weighted by molar-refractivity contribution is -0.384. The number of carbonyl (C=O) groups excluding carboxylic acids is 1. The maximum Gasteiger partial charge on any atom is 0.269 e. The Balaban J connectivity index is 1.77. The molecule has 1 amide bonds. The monoisotopic (exact) mass is 371 g/mol. The van der Waals surface area contributed by atoms with Gasteiger partial charge in [0.15, 0.2) is 11.5 Å². The Morgan fingerprint density at radius 2 is 1.78 bits per heavy atom. The van der Waals surface area contributed by atoms with Gasteiger partial charge < -0.3 is 20.1 Å². The van der Waals surface area contributed by atoms with Crippen molar-refractivity contribution in [1.82, 2.24) is 5.32 Å². The fourth-order valence-electron chi connectivity index (χ4n) is 2.28. The number of rotatable bonds is 9. The highest BCUT2D eigenvalue weighted by atomic mass is 16.6. The maximum atomic E-state index is 11.9. The summed E-state index contributed by atoms with van der Waals surface area (Å²) < 4.78 is 10.4. The van der Waals surface area contributed by atoms with Crippen molar-refractivity contribution < 1.29 is 19.2 Å². The normalized spacial score (nSPS) is 10.4. The van der Waals surface area contributed by atoms with Crippen LogP contribution in [0.5, 0.6) is 11.5 Å². The van der Waals surface area contributed by atoms with Crippen LogP contribution in [0.2, 0.25) is 0 Å². The lowest BCUT2D eigenvalue weighted by Gasteiger charge is -2.08. The molecule has 0 saturated carbocycles. The second-order valence-electron chi connectivity index (χ2n) is 5.47. The van der Waals surface area contributed by atoms with E-state index in [1.165, 1.54) is 18.2 Å². The van der Waals surface area contributed by atoms with E-state index in [1.54, 1.807) is 44.6 Å². The standard InChI is InChI=1S/C19H21N3O5/c1-26-17-9-3-14(13-18(17)27-2)4-10-19(23)21-12-11-20-15-5-7-16(8-6-15)22(24)25/h3-10,13,20H,11-12H2,1-2H3,(H,21,23)/b10-4+. The summed E-state index contributed by atoms with van der Waals surface area (Å²) in [4.78, 5) is 22.0. The van der Waals surface area contributed by atoms with E-state index in [0.29, 0.717) is 24.6 Å². The number of nitrogens with one attached hydrogen (secondary N) is 2. The number of amides is 1. The van der Waals surface area contributed by atoms with Crippen LogP contribution >= 0.6 is 0 Å². The van der Waals surface area contributed by atoms with Crippen LogP contribution in [-0.4, -0.2) is 38.1 Å². The Morgan fingerprint density at radius 1 is 1.07 bits per heavy atom. The average Bonchev–Trinajstić information content (AvgIpc) is 2.69. The summed E-state index contributed by atoms with van der Waals surface area (Å²) in [6.45, 7) is 0.903. The average molecular weight is 371 g/mol. The smallest absolute Gasteiger partial charge is 0.269 e. The second-order valence-corrected chi connectivity index (χ2v) is 5.47. The van der Waals surface area contributed by atoms with Crippen molar-refractivity contribution in [3.05, 3.63) is 64.2 Å². The van der Waals surface area contributed by atoms with Gasteiger partial charge in [-0.3, -0.25) is 14.9 Å². The summed E-state index contributed by atoms with van der Waals surface area (Å²) in [6.07, 6.45) is 3.12. The molecule has 0 spiro atoms. The number of benzene rings is 2. The summed E-state index contributed by atoms with van der Waals surface area (Å²) in [7, 11) is 3.11. The summed E-state index contributed by atoms with van der Waals surface area (Å²) in [5.74, 6) is 0.985. The van der Waals surface area contributed by atoms with Crippen LogP contribution in [0.3, 0.4) is 0 Å². The molecule has 27 heavy (non-hydrogen) atoms. The Kier molecular flexibility index (Phi) is 7.18. The molecule has 0 bridgehead atoms. The molecule has 0 aromatic heterocycles. The molecule has 2 aromatic rings. The Bertz CT molecular complexity index is 819. The molecule has 0 heterocycles. The molecule has 0 aliphatic rings. The van der Waals surface area contributed by atoms with E-state index in [9.17, 15) is 14.9 Å². The van der Waals surface area contributed by atoms with Crippen LogP contribution in [0.15, 0.2) is 48.5 Å². The van der Waals surface area contributed by atoms with Gasteiger partial charge in [0.25, 0.3) is 5.69 Å². The number of methoxy groups -OCH3 is 2. The number of non-ortho nitro benzene ring substituents is 1. The lowest BCUT2D eigenvalue weighted by atomic mass is 10.2. The number of hydrogen-bond acceptors (Lipinski definition) is 6. The van der Waals surface area contributed by atoms with Gasteiger partial charge in [0, 0.05) is 37.0 Å². The Hall–Kier alpha value is -3.55. The zero-order chi connectivity index (χ0) is 19.6. The zero-order valence-electron chi connectivity index (χ0n) is 15.1. The van der Waals surface area contributed by atoms with Gasteiger partial charge in [-0.2, -0.15) is 0 Å². The van der Waals surface area contributed by atoms with E-state index in [1.807, 2.05) is 6.07 Å². The van der Waals surface area contributed by atoms with Crippen molar-refractivity contribution in [2.24, 2.45) is 0 Å². The fraction of sp³-hybridized carbons (Fsp3) is 0.211. The second kappa shape index (κ2) is 9.81. The van der Waals surface area contributed by atoms with Gasteiger partial charge >= 0.3 is 0 Å².